The predicted octanol–water partition coefficient (Wildman–Crippen LogP) is 5.75. The number of pyridine rings is 1. The normalized spacial score (nSPS) is 22.5. The number of nitrogens with zero attached hydrogens (tertiary/aromatic N) is 10. The van der Waals surface area contributed by atoms with Gasteiger partial charge in [-0.3, -0.25) is 28.5 Å². The third-order valence-electron chi connectivity index (χ3n) is 16.4. The number of piperazine rings is 2. The van der Waals surface area contributed by atoms with Crippen LogP contribution in [0, 0.1) is 12.8 Å². The van der Waals surface area contributed by atoms with E-state index in [2.05, 4.69) is 57.2 Å². The molecule has 9 atom stereocenters. The van der Waals surface area contributed by atoms with Crippen molar-refractivity contribution in [2.45, 2.75) is 102 Å². The van der Waals surface area contributed by atoms with Crippen LogP contribution in [0.25, 0.3) is 21.7 Å². The topological polar surface area (TPSA) is 344 Å². The van der Waals surface area contributed by atoms with E-state index in [1.165, 1.54) is 17.4 Å². The lowest BCUT2D eigenvalue weighted by atomic mass is 9.91. The second-order valence-corrected chi connectivity index (χ2v) is 26.6. The highest BCUT2D eigenvalue weighted by Crippen LogP contribution is 2.58. The molecule has 10 rings (SSSR count). The number of phosphoric acid groups is 1. The number of para-hydroxylation sites is 1. The summed E-state index contributed by atoms with van der Waals surface area (Å²) in [6.45, 7) is 14.3. The van der Waals surface area contributed by atoms with Gasteiger partial charge in [-0.25, -0.2) is 14.5 Å². The Kier molecular flexibility index (Phi) is 19.4. The van der Waals surface area contributed by atoms with Crippen molar-refractivity contribution in [3.8, 4) is 39.2 Å². The molecule has 86 heavy (non-hydrogen) atoms. The Balaban J connectivity index is 0.731. The van der Waals surface area contributed by atoms with Gasteiger partial charge >= 0.3 is 15.4 Å². The number of hydrogen-bond acceptors (Lipinski definition) is 22. The van der Waals surface area contributed by atoms with Crippen molar-refractivity contribution in [1.82, 2.24) is 45.3 Å². The van der Waals surface area contributed by atoms with E-state index >= 15 is 4.79 Å². The summed E-state index contributed by atoms with van der Waals surface area (Å²) in [5.74, 6) is -4.34. The van der Waals surface area contributed by atoms with Gasteiger partial charge in [-0.15, -0.1) is 21.5 Å². The van der Waals surface area contributed by atoms with Gasteiger partial charge < -0.3 is 69.8 Å². The number of phosphoric ester groups is 1. The summed E-state index contributed by atoms with van der Waals surface area (Å²) < 4.78 is 55.1. The molecular weight excluding hydrogens is 1170 g/mol. The number of thiazole rings is 1. The second-order valence-electron chi connectivity index (χ2n) is 22.6. The lowest BCUT2D eigenvalue weighted by Gasteiger charge is -2.43. The Hall–Kier alpha value is -6.61. The van der Waals surface area contributed by atoms with Crippen LogP contribution in [0.15, 0.2) is 89.0 Å². The average Bonchev–Trinajstić information content (AvgIpc) is 1.76. The lowest BCUT2D eigenvalue weighted by Crippen LogP contribution is -2.54. The quantitative estimate of drug-likeness (QED) is 0.0355. The molecule has 4 aliphatic rings. The average molecular weight is 1240 g/mol. The molecule has 0 radical (unpaired) electrons. The fraction of sp³-hybridized carbons (Fsp3) is 0.491. The number of nitrogens with two attached hydrogens (primary N) is 2. The number of carbonyl (C=O) groups excluding carboxylic acids is 2. The molecule has 2 aromatic carbocycles. The number of hydrogen-bond donors (Lipinski definition) is 7. The van der Waals surface area contributed by atoms with Crippen molar-refractivity contribution in [2.24, 2.45) is 11.7 Å². The lowest BCUT2D eigenvalue weighted by molar-refractivity contribution is -0.142. The molecule has 4 aromatic heterocycles. The van der Waals surface area contributed by atoms with E-state index in [0.717, 1.165) is 78.0 Å². The molecular formula is C57H75N13O13P2S. The maximum Gasteiger partial charge on any atom is 0.469 e. The fourth-order valence-corrected chi connectivity index (χ4v) is 15.5. The summed E-state index contributed by atoms with van der Waals surface area (Å²) >= 11 is 1.50. The van der Waals surface area contributed by atoms with E-state index in [1.807, 2.05) is 61.5 Å². The smallest absolute Gasteiger partial charge is 0.469 e. The minimum Gasteiger partial charge on any atom is -0.507 e. The van der Waals surface area contributed by atoms with E-state index in [4.69, 9.17) is 34.5 Å². The molecule has 8 heterocycles. The number of amides is 2. The summed E-state index contributed by atoms with van der Waals surface area (Å²) in [5, 5.41) is 26.0. The van der Waals surface area contributed by atoms with Crippen molar-refractivity contribution in [3.05, 3.63) is 102 Å². The summed E-state index contributed by atoms with van der Waals surface area (Å²) in [6, 6.07) is 20.4. The Morgan fingerprint density at radius 3 is 2.31 bits per heavy atom. The number of phenolic OH excluding ortho intramolecular Hbond substituents is 1. The first kappa shape index (κ1) is 62.4. The van der Waals surface area contributed by atoms with Gasteiger partial charge in [0.15, 0.2) is 17.4 Å². The van der Waals surface area contributed by atoms with Crippen LogP contribution >= 0.6 is 26.8 Å². The standard InChI is InChI=1S/C57H75N13O13P2S/c1-34(2)52(56(73)70-46(28-49(83-85(76,77)78)57(70)84(74,75)81-23-17-58)55(72)62-36(4)38-10-12-39(13-11-38)53-37(5)61-33-86-53)48-29-51(65-82-48)80-24-21-66-19-20-67(35(3)30-66)22-25-79-50-26-40(16-18-60-50)69-41-14-15-42(69)32-68(31-41)45-27-44(63-64-54(45)59)43-8-6-7-9-47(43)71/h6-13,16,18,26-27,29,33-36,41-42,46,49,52,57,71H,14-15,17,19-25,28,30-32,58H2,1-5H3,(H2,59,64)(H,62,72)(H,74,75)(H2,76,77,78)/t35-,36?,41?,42?,46+,49-,52?,57?/m1/s1. The van der Waals surface area contributed by atoms with Gasteiger partial charge in [0.05, 0.1) is 40.1 Å². The Morgan fingerprint density at radius 2 is 1.63 bits per heavy atom. The number of aromatic hydroxyl groups is 1. The molecule has 4 saturated heterocycles. The number of aromatic nitrogens is 5. The van der Waals surface area contributed by atoms with Crippen LogP contribution in [0.4, 0.5) is 17.2 Å². The van der Waals surface area contributed by atoms with E-state index in [1.54, 1.807) is 44.6 Å². The molecule has 9 N–H and O–H groups in total. The highest BCUT2D eigenvalue weighted by atomic mass is 32.1. The zero-order chi connectivity index (χ0) is 61.0. The van der Waals surface area contributed by atoms with E-state index in [0.29, 0.717) is 48.2 Å². The monoisotopic (exact) mass is 1240 g/mol. The van der Waals surface area contributed by atoms with E-state index in [9.17, 15) is 33.7 Å². The molecule has 4 aliphatic heterocycles. The van der Waals surface area contributed by atoms with Crippen LogP contribution in [0.2, 0.25) is 0 Å². The largest absolute Gasteiger partial charge is 0.507 e. The zero-order valence-corrected chi connectivity index (χ0v) is 51.2. The van der Waals surface area contributed by atoms with Gasteiger partial charge in [0, 0.05) is 106 Å². The first-order chi connectivity index (χ1) is 41.2. The van der Waals surface area contributed by atoms with Crippen LogP contribution in [0.5, 0.6) is 17.5 Å². The van der Waals surface area contributed by atoms with Crippen LogP contribution < -0.4 is 36.1 Å². The third kappa shape index (κ3) is 14.2. The number of carbonyl (C=O) groups is 2. The van der Waals surface area contributed by atoms with Crippen molar-refractivity contribution < 1.29 is 61.6 Å². The molecule has 0 saturated carbocycles. The molecule has 0 aliphatic carbocycles. The molecule has 2 bridgehead atoms. The number of likely N-dealkylation sites (tertiary alicyclic amines) is 1. The number of nitrogen functional groups attached to an aromatic ring is 1. The zero-order valence-electron chi connectivity index (χ0n) is 48.6. The van der Waals surface area contributed by atoms with Crippen LogP contribution in [-0.4, -0.2) is 180 Å². The number of fused-ring (bicyclic) bond motifs is 2. The van der Waals surface area contributed by atoms with Crippen molar-refractivity contribution in [2.75, 3.05) is 87.7 Å². The fourth-order valence-electron chi connectivity index (χ4n) is 12.3. The van der Waals surface area contributed by atoms with Crippen molar-refractivity contribution >= 4 is 55.8 Å². The van der Waals surface area contributed by atoms with Gasteiger partial charge in [-0.1, -0.05) is 50.2 Å². The van der Waals surface area contributed by atoms with Crippen LogP contribution in [0.3, 0.4) is 0 Å². The van der Waals surface area contributed by atoms with Crippen LogP contribution in [0.1, 0.15) is 75.9 Å². The molecule has 6 aromatic rings. The molecule has 0 spiro atoms. The number of benzene rings is 2. The first-order valence-corrected chi connectivity index (χ1v) is 32.9. The SMILES string of the molecule is Cc1ncsc1-c1ccc(C(C)NC(=O)[C@@H]2C[C@@H](OP(=O)(O)O)C(P(=O)(O)OCCN)N2C(=O)C(c2cc(OCCN3CCN(CCOc4cc(N5C6CCC5CN(c5cc(-c7ccccc7O)nnc5N)C6)ccn4)[C@H](C)C3)no2)C(C)C)cc1. The number of ether oxygens (including phenoxy) is 2. The van der Waals surface area contributed by atoms with Crippen LogP contribution in [-0.2, 0) is 27.8 Å². The third-order valence-corrected chi connectivity index (χ3v) is 19.8. The van der Waals surface area contributed by atoms with Gasteiger partial charge in [0.25, 0.3) is 5.88 Å². The molecule has 6 unspecified atom stereocenters. The van der Waals surface area contributed by atoms with Crippen molar-refractivity contribution in [3.63, 3.8) is 0 Å². The Bertz CT molecular complexity index is 3420. The minimum absolute atomic E-state index is 0.0291. The molecule has 29 heteroatoms. The number of rotatable bonds is 24. The minimum atomic E-state index is -5.38. The van der Waals surface area contributed by atoms with E-state index < -0.39 is 76.1 Å². The maximum absolute atomic E-state index is 15.1. The number of anilines is 3. The Labute approximate surface area is 502 Å². The summed E-state index contributed by atoms with van der Waals surface area (Å²) in [4.78, 5) is 81.2. The second kappa shape index (κ2) is 26.8. The Morgan fingerprint density at radius 1 is 0.895 bits per heavy atom. The molecule has 2 amide bonds. The summed E-state index contributed by atoms with van der Waals surface area (Å²) in [5.41, 5.74) is 19.3. The summed E-state index contributed by atoms with van der Waals surface area (Å²) in [6.07, 6.45) is 1.45. The van der Waals surface area contributed by atoms with Gasteiger partial charge in [0.2, 0.25) is 17.7 Å². The molecule has 462 valence electrons. The maximum atomic E-state index is 15.1. The predicted molar refractivity (Wildman–Crippen MR) is 321 cm³/mol. The van der Waals surface area contributed by atoms with Gasteiger partial charge in [-0.2, -0.15) is 0 Å². The molecule has 4 fully saturated rings. The van der Waals surface area contributed by atoms with Crippen molar-refractivity contribution in [1.29, 1.82) is 0 Å². The number of phenols is 1. The number of aryl methyl sites for hydroxylation is 1. The number of nitrogens with one attached hydrogen (secondary N) is 1. The molecule has 26 nitrogen and oxygen atoms in total. The van der Waals surface area contributed by atoms with E-state index in [-0.39, 0.29) is 48.7 Å². The first-order valence-electron chi connectivity index (χ1n) is 28.8. The summed E-state index contributed by atoms with van der Waals surface area (Å²) in [7, 11) is -10.5. The van der Waals surface area contributed by atoms with Gasteiger partial charge in [-0.05, 0) is 80.1 Å². The highest BCUT2D eigenvalue weighted by molar-refractivity contribution is 7.53. The van der Waals surface area contributed by atoms with Gasteiger partial charge in [0.1, 0.15) is 37.0 Å². The highest BCUT2D eigenvalue weighted by Gasteiger charge is 2.59.